The lowest BCUT2D eigenvalue weighted by molar-refractivity contribution is -0.0490. The third-order valence-corrected chi connectivity index (χ3v) is 3.58. The average Bonchev–Trinajstić information content (AvgIpc) is 2.28. The zero-order chi connectivity index (χ0) is 11.1. The van der Waals surface area contributed by atoms with Crippen LogP contribution in [0.5, 0.6) is 5.88 Å². The molecule has 3 nitrogen and oxygen atoms in total. The largest absolute Gasteiger partial charge is 0.472 e. The van der Waals surface area contributed by atoms with Gasteiger partial charge in [0.1, 0.15) is 6.10 Å². The Morgan fingerprint density at radius 1 is 1.41 bits per heavy atom. The summed E-state index contributed by atoms with van der Waals surface area (Å²) < 4.78 is 19.1. The van der Waals surface area contributed by atoms with Crippen molar-refractivity contribution in [1.29, 1.82) is 0 Å². The van der Waals surface area contributed by atoms with E-state index < -0.39 is 5.82 Å². The summed E-state index contributed by atoms with van der Waals surface area (Å²) in [5, 5.41) is 3.60. The molecule has 2 bridgehead atoms. The predicted molar refractivity (Wildman–Crippen MR) is 65.3 cm³/mol. The molecule has 2 heterocycles. The number of aromatic nitrogens is 1. The van der Waals surface area contributed by atoms with Gasteiger partial charge in [0, 0.05) is 31.1 Å². The number of hydrogen-bond donors (Lipinski definition) is 1. The van der Waals surface area contributed by atoms with E-state index in [0.29, 0.717) is 16.9 Å². The molecule has 2 fully saturated rings. The minimum atomic E-state index is -0.481. The Kier molecular flexibility index (Phi) is 3.76. The second-order valence-corrected chi connectivity index (χ2v) is 4.87. The summed E-state index contributed by atoms with van der Waals surface area (Å²) in [6.07, 6.45) is 2.70. The fourth-order valence-electron chi connectivity index (χ4n) is 2.51. The molecule has 3 atom stereocenters. The van der Waals surface area contributed by atoms with Crippen LogP contribution in [-0.4, -0.2) is 24.2 Å². The van der Waals surface area contributed by atoms with E-state index in [1.54, 1.807) is 0 Å². The van der Waals surface area contributed by atoms with Crippen molar-refractivity contribution in [3.63, 3.8) is 0 Å². The fraction of sp³-hybridized carbons (Fsp3) is 0.545. The van der Waals surface area contributed by atoms with Gasteiger partial charge in [-0.15, -0.1) is 12.4 Å². The molecular formula is C11H13Cl2FN2O. The van der Waals surface area contributed by atoms with Gasteiger partial charge in [-0.1, -0.05) is 11.6 Å². The highest BCUT2D eigenvalue weighted by Crippen LogP contribution is 2.39. The summed E-state index contributed by atoms with van der Waals surface area (Å²) in [5.74, 6) is 0.586. The average molecular weight is 279 g/mol. The van der Waals surface area contributed by atoms with Crippen LogP contribution in [0.1, 0.15) is 6.42 Å². The first-order valence-electron chi connectivity index (χ1n) is 5.42. The van der Waals surface area contributed by atoms with Crippen LogP contribution < -0.4 is 10.1 Å². The molecule has 1 N–H and O–H groups in total. The van der Waals surface area contributed by atoms with E-state index in [0.717, 1.165) is 13.1 Å². The number of piperidine rings is 2. The molecule has 1 aromatic rings. The molecule has 17 heavy (non-hydrogen) atoms. The maximum absolute atomic E-state index is 13.5. The van der Waals surface area contributed by atoms with Crippen LogP contribution in [0.15, 0.2) is 12.3 Å². The minimum Gasteiger partial charge on any atom is -0.472 e. The van der Waals surface area contributed by atoms with Crippen molar-refractivity contribution in [2.45, 2.75) is 12.5 Å². The van der Waals surface area contributed by atoms with E-state index >= 15 is 0 Å². The molecule has 1 unspecified atom stereocenters. The van der Waals surface area contributed by atoms with Crippen LogP contribution in [0.2, 0.25) is 5.02 Å². The lowest BCUT2D eigenvalue weighted by atomic mass is 9.69. The highest BCUT2D eigenvalue weighted by atomic mass is 35.5. The Balaban J connectivity index is 0.00000108. The van der Waals surface area contributed by atoms with Gasteiger partial charge in [-0.25, -0.2) is 9.37 Å². The summed E-state index contributed by atoms with van der Waals surface area (Å²) >= 11 is 5.63. The highest BCUT2D eigenvalue weighted by Gasteiger charge is 2.46. The predicted octanol–water partition coefficient (Wildman–Crippen LogP) is 2.28. The number of halogens is 3. The molecule has 94 valence electrons. The Bertz CT molecular complexity index is 404. The first-order chi connectivity index (χ1) is 7.74. The third-order valence-electron chi connectivity index (χ3n) is 3.37. The molecule has 0 spiro atoms. The summed E-state index contributed by atoms with van der Waals surface area (Å²) in [6, 6.07) is 1.23. The number of ether oxygens (including phenoxy) is 1. The van der Waals surface area contributed by atoms with E-state index in [1.165, 1.54) is 18.7 Å². The lowest BCUT2D eigenvalue weighted by Crippen LogP contribution is -2.59. The minimum absolute atomic E-state index is 0. The standard InChI is InChI=1S/C11H12ClFN2O.ClH/c12-8-2-9(13)11(15-5-8)16-10-6-1-7(10)4-14-3-6;/h2,5-7,10,14H,1,3-4H2;1H/t6-,7+,10?;. The first kappa shape index (κ1) is 12.9. The quantitative estimate of drug-likeness (QED) is 0.901. The van der Waals surface area contributed by atoms with Gasteiger partial charge >= 0.3 is 0 Å². The van der Waals surface area contributed by atoms with E-state index in [9.17, 15) is 4.39 Å². The topological polar surface area (TPSA) is 34.1 Å². The molecular weight excluding hydrogens is 266 g/mol. The highest BCUT2D eigenvalue weighted by molar-refractivity contribution is 6.30. The summed E-state index contributed by atoms with van der Waals surface area (Å²) in [5.41, 5.74) is 0. The molecule has 0 radical (unpaired) electrons. The van der Waals surface area contributed by atoms with Crippen molar-refractivity contribution >= 4 is 24.0 Å². The Morgan fingerprint density at radius 3 is 2.71 bits per heavy atom. The van der Waals surface area contributed by atoms with E-state index in [1.807, 2.05) is 0 Å². The maximum Gasteiger partial charge on any atom is 0.250 e. The molecule has 1 saturated carbocycles. The van der Waals surface area contributed by atoms with E-state index in [-0.39, 0.29) is 24.4 Å². The number of nitrogens with one attached hydrogen (secondary N) is 1. The second-order valence-electron chi connectivity index (χ2n) is 4.44. The number of nitrogens with zero attached hydrogens (tertiary/aromatic N) is 1. The molecule has 1 aliphatic carbocycles. The summed E-state index contributed by atoms with van der Waals surface area (Å²) in [4.78, 5) is 3.88. The monoisotopic (exact) mass is 278 g/mol. The van der Waals surface area contributed by atoms with Crippen LogP contribution in [0.25, 0.3) is 0 Å². The normalized spacial score (nSPS) is 30.1. The van der Waals surface area contributed by atoms with E-state index in [2.05, 4.69) is 10.3 Å². The molecule has 0 aromatic carbocycles. The molecule has 1 aliphatic heterocycles. The zero-order valence-electron chi connectivity index (χ0n) is 9.03. The van der Waals surface area contributed by atoms with Gasteiger partial charge in [0.05, 0.1) is 5.02 Å². The Morgan fingerprint density at radius 2 is 2.12 bits per heavy atom. The molecule has 1 aromatic heterocycles. The van der Waals surface area contributed by atoms with Crippen molar-refractivity contribution in [3.05, 3.63) is 23.1 Å². The summed E-state index contributed by atoms with van der Waals surface area (Å²) in [6.45, 7) is 1.91. The fourth-order valence-corrected chi connectivity index (χ4v) is 2.65. The van der Waals surface area contributed by atoms with Gasteiger partial charge in [-0.05, 0) is 12.5 Å². The first-order valence-corrected chi connectivity index (χ1v) is 5.80. The van der Waals surface area contributed by atoms with Crippen LogP contribution in [0, 0.1) is 17.7 Å². The molecule has 3 rings (SSSR count). The molecule has 1 saturated heterocycles. The molecule has 6 heteroatoms. The van der Waals surface area contributed by atoms with Gasteiger partial charge in [-0.3, -0.25) is 0 Å². The van der Waals surface area contributed by atoms with Crippen LogP contribution >= 0.6 is 24.0 Å². The van der Waals surface area contributed by atoms with Gasteiger partial charge < -0.3 is 10.1 Å². The number of hydrogen-bond acceptors (Lipinski definition) is 3. The summed E-state index contributed by atoms with van der Waals surface area (Å²) in [7, 11) is 0. The number of rotatable bonds is 2. The van der Waals surface area contributed by atoms with Crippen LogP contribution in [0.3, 0.4) is 0 Å². The third kappa shape index (κ3) is 2.34. The van der Waals surface area contributed by atoms with Gasteiger partial charge in [-0.2, -0.15) is 0 Å². The zero-order valence-corrected chi connectivity index (χ0v) is 10.6. The van der Waals surface area contributed by atoms with Gasteiger partial charge in [0.15, 0.2) is 5.82 Å². The Hall–Kier alpha value is -0.580. The van der Waals surface area contributed by atoms with Crippen molar-refractivity contribution in [2.24, 2.45) is 11.8 Å². The van der Waals surface area contributed by atoms with Crippen LogP contribution in [0.4, 0.5) is 4.39 Å². The molecule has 0 amide bonds. The number of pyridine rings is 1. The van der Waals surface area contributed by atoms with Gasteiger partial charge in [0.25, 0.3) is 5.88 Å². The van der Waals surface area contributed by atoms with Crippen molar-refractivity contribution in [3.8, 4) is 5.88 Å². The van der Waals surface area contributed by atoms with E-state index in [4.69, 9.17) is 16.3 Å². The van der Waals surface area contributed by atoms with Crippen molar-refractivity contribution in [2.75, 3.05) is 13.1 Å². The lowest BCUT2D eigenvalue weighted by Gasteiger charge is -2.48. The van der Waals surface area contributed by atoms with Crippen LogP contribution in [-0.2, 0) is 0 Å². The molecule has 2 aliphatic rings. The smallest absolute Gasteiger partial charge is 0.250 e. The maximum atomic E-state index is 13.5. The second kappa shape index (κ2) is 4.96. The number of fused-ring (bicyclic) bond motifs is 2. The SMILES string of the molecule is Cl.Fc1cc(Cl)cnc1OC1[C@@H]2CNC[C@H]1C2. The Labute approximate surface area is 110 Å². The van der Waals surface area contributed by atoms with Gasteiger partial charge in [0.2, 0.25) is 0 Å². The van der Waals surface area contributed by atoms with Crippen molar-refractivity contribution in [1.82, 2.24) is 10.3 Å². The van der Waals surface area contributed by atoms with Crippen molar-refractivity contribution < 1.29 is 9.13 Å².